The summed E-state index contributed by atoms with van der Waals surface area (Å²) in [4.78, 5) is 35.9. The highest BCUT2D eigenvalue weighted by Crippen LogP contribution is 2.35. The van der Waals surface area contributed by atoms with Gasteiger partial charge in [-0.3, -0.25) is 14.5 Å². The molecule has 5 aromatic rings. The minimum atomic E-state index is -0.926. The second-order valence-electron chi connectivity index (χ2n) is 11.6. The number of hydrogen-bond acceptors (Lipinski definition) is 7. The number of fused-ring (bicyclic) bond motifs is 1. The van der Waals surface area contributed by atoms with E-state index in [1.165, 1.54) is 17.4 Å². The molecule has 1 atom stereocenters. The molecular formula is C34H38N8O3. The largest absolute Gasteiger partial charge is 0.494 e. The fraction of sp³-hybridized carbons (Fsp3) is 0.324. The topological polar surface area (TPSA) is 121 Å². The van der Waals surface area contributed by atoms with Crippen molar-refractivity contribution in [3.05, 3.63) is 90.4 Å². The van der Waals surface area contributed by atoms with Crippen molar-refractivity contribution in [1.82, 2.24) is 30.5 Å². The van der Waals surface area contributed by atoms with Crippen LogP contribution < -0.4 is 19.9 Å². The molecule has 1 saturated carbocycles. The molecule has 2 heterocycles. The number of aromatic amines is 1. The number of carbonyl (C=O) groups excluding carboxylic acids is 2. The first-order valence-electron chi connectivity index (χ1n) is 15.3. The number of benzene rings is 3. The molecule has 0 unspecified atom stereocenters. The number of rotatable bonds is 10. The van der Waals surface area contributed by atoms with Gasteiger partial charge in [-0.05, 0) is 64.7 Å². The van der Waals surface area contributed by atoms with E-state index in [1.807, 2.05) is 79.8 Å². The predicted octanol–water partition coefficient (Wildman–Crippen LogP) is 4.98. The molecule has 1 aliphatic rings. The fourth-order valence-corrected chi connectivity index (χ4v) is 6.14. The highest BCUT2D eigenvalue weighted by Gasteiger charge is 2.35. The summed E-state index contributed by atoms with van der Waals surface area (Å²) in [5.74, 6) is 0.0202. The summed E-state index contributed by atoms with van der Waals surface area (Å²) >= 11 is 0. The lowest BCUT2D eigenvalue weighted by Gasteiger charge is -2.34. The van der Waals surface area contributed by atoms with Gasteiger partial charge < -0.3 is 19.9 Å². The van der Waals surface area contributed by atoms with Crippen LogP contribution in [0.4, 0.5) is 11.4 Å². The predicted molar refractivity (Wildman–Crippen MR) is 174 cm³/mol. The molecule has 0 saturated heterocycles. The number of ether oxygens (including phenoxy) is 1. The lowest BCUT2D eigenvalue weighted by Crippen LogP contribution is -2.47. The van der Waals surface area contributed by atoms with Crippen molar-refractivity contribution in [3.8, 4) is 11.4 Å². The molecule has 2 aromatic heterocycles. The SMILES string of the molecule is COc1cc(N(C(=O)Cc2c[nH]c3ccccc23)[C@@H](C(=O)NC2CCCCC2)c2ccc(N(C)C)cc2)ccc1-n1cnnn1. The number of hydrogen-bond donors (Lipinski definition) is 2. The van der Waals surface area contributed by atoms with Gasteiger partial charge in [-0.15, -0.1) is 5.10 Å². The molecule has 45 heavy (non-hydrogen) atoms. The van der Waals surface area contributed by atoms with Crippen molar-refractivity contribution in [1.29, 1.82) is 0 Å². The van der Waals surface area contributed by atoms with E-state index in [0.717, 1.165) is 47.8 Å². The van der Waals surface area contributed by atoms with Gasteiger partial charge in [-0.25, -0.2) is 0 Å². The standard InChI is InChI=1S/C34H38N8O3/c1-40(2)26-15-13-23(14-16-26)33(34(44)37-25-9-5-4-6-10-25)42(32(43)19-24-21-35-29-12-8-7-11-28(24)29)27-17-18-30(31(20-27)45-3)41-22-36-38-39-41/h7-8,11-18,20-22,25,33,35H,4-6,9-10,19H2,1-3H3,(H,37,44)/t33-/m1/s1. The number of nitrogens with zero attached hydrogens (tertiary/aromatic N) is 6. The number of amides is 2. The molecule has 3 aromatic carbocycles. The molecule has 2 amide bonds. The van der Waals surface area contributed by atoms with Crippen LogP contribution in [0.25, 0.3) is 16.6 Å². The number of aromatic nitrogens is 5. The third kappa shape index (κ3) is 6.38. The van der Waals surface area contributed by atoms with E-state index in [0.29, 0.717) is 22.7 Å². The Hall–Kier alpha value is -5.19. The Labute approximate surface area is 262 Å². The van der Waals surface area contributed by atoms with Gasteiger partial charge in [0.25, 0.3) is 0 Å². The number of tetrazole rings is 1. The summed E-state index contributed by atoms with van der Waals surface area (Å²) in [6.07, 6.45) is 8.60. The van der Waals surface area contributed by atoms with E-state index in [1.54, 1.807) is 24.1 Å². The van der Waals surface area contributed by atoms with Gasteiger partial charge in [0.15, 0.2) is 0 Å². The summed E-state index contributed by atoms with van der Waals surface area (Å²) in [5.41, 5.74) is 4.64. The Morgan fingerprint density at radius 2 is 1.78 bits per heavy atom. The van der Waals surface area contributed by atoms with Gasteiger partial charge in [0.2, 0.25) is 11.8 Å². The summed E-state index contributed by atoms with van der Waals surface area (Å²) in [6, 6.07) is 20.2. The van der Waals surface area contributed by atoms with Crippen molar-refractivity contribution < 1.29 is 14.3 Å². The molecule has 0 spiro atoms. The number of H-pyrrole nitrogens is 1. The zero-order chi connectivity index (χ0) is 31.3. The molecule has 232 valence electrons. The van der Waals surface area contributed by atoms with Gasteiger partial charge in [-0.2, -0.15) is 4.68 Å². The highest BCUT2D eigenvalue weighted by molar-refractivity contribution is 6.03. The van der Waals surface area contributed by atoms with Crippen LogP contribution in [0.3, 0.4) is 0 Å². The molecule has 11 nitrogen and oxygen atoms in total. The van der Waals surface area contributed by atoms with Crippen LogP contribution in [0.2, 0.25) is 0 Å². The number of carbonyl (C=O) groups is 2. The first-order chi connectivity index (χ1) is 21.9. The van der Waals surface area contributed by atoms with Crippen LogP contribution in [0.5, 0.6) is 5.75 Å². The number of anilines is 2. The smallest absolute Gasteiger partial charge is 0.248 e. The summed E-state index contributed by atoms with van der Waals surface area (Å²) in [6.45, 7) is 0. The summed E-state index contributed by atoms with van der Waals surface area (Å²) in [5, 5.41) is 15.8. The van der Waals surface area contributed by atoms with Crippen LogP contribution >= 0.6 is 0 Å². The first-order valence-corrected chi connectivity index (χ1v) is 15.3. The quantitative estimate of drug-likeness (QED) is 0.230. The van der Waals surface area contributed by atoms with Gasteiger partial charge in [0.1, 0.15) is 23.8 Å². The van der Waals surface area contributed by atoms with E-state index in [4.69, 9.17) is 4.74 Å². The molecular weight excluding hydrogens is 568 g/mol. The molecule has 0 radical (unpaired) electrons. The maximum Gasteiger partial charge on any atom is 0.248 e. The Kier molecular flexibility index (Phi) is 8.77. The number of nitrogens with one attached hydrogen (secondary N) is 2. The molecule has 2 N–H and O–H groups in total. The van der Waals surface area contributed by atoms with Crippen molar-refractivity contribution in [2.24, 2.45) is 0 Å². The minimum Gasteiger partial charge on any atom is -0.494 e. The zero-order valence-electron chi connectivity index (χ0n) is 25.8. The molecule has 0 bridgehead atoms. The van der Waals surface area contributed by atoms with Gasteiger partial charge in [0, 0.05) is 54.7 Å². The van der Waals surface area contributed by atoms with E-state index >= 15 is 0 Å². The lowest BCUT2D eigenvalue weighted by molar-refractivity contribution is -0.127. The minimum absolute atomic E-state index is 0.0668. The molecule has 1 aliphatic carbocycles. The second-order valence-corrected chi connectivity index (χ2v) is 11.6. The third-order valence-electron chi connectivity index (χ3n) is 8.51. The molecule has 1 fully saturated rings. The van der Waals surface area contributed by atoms with E-state index in [9.17, 15) is 9.59 Å². The van der Waals surface area contributed by atoms with Crippen molar-refractivity contribution in [2.45, 2.75) is 50.6 Å². The van der Waals surface area contributed by atoms with Crippen LogP contribution in [0.1, 0.15) is 49.3 Å². The van der Waals surface area contributed by atoms with Crippen LogP contribution in [0, 0.1) is 0 Å². The Bertz CT molecular complexity index is 1760. The van der Waals surface area contributed by atoms with Crippen LogP contribution in [-0.2, 0) is 16.0 Å². The fourth-order valence-electron chi connectivity index (χ4n) is 6.14. The second kappa shape index (κ2) is 13.2. The van der Waals surface area contributed by atoms with Gasteiger partial charge in [0.05, 0.1) is 13.5 Å². The number of para-hydroxylation sites is 1. The van der Waals surface area contributed by atoms with Crippen LogP contribution in [-0.4, -0.2) is 64.3 Å². The van der Waals surface area contributed by atoms with Gasteiger partial charge >= 0.3 is 0 Å². The van der Waals surface area contributed by atoms with E-state index in [-0.39, 0.29) is 24.3 Å². The monoisotopic (exact) mass is 606 g/mol. The van der Waals surface area contributed by atoms with Gasteiger partial charge in [-0.1, -0.05) is 49.6 Å². The van der Waals surface area contributed by atoms with Crippen LogP contribution in [0.15, 0.2) is 79.3 Å². The van der Waals surface area contributed by atoms with Crippen molar-refractivity contribution in [3.63, 3.8) is 0 Å². The lowest BCUT2D eigenvalue weighted by atomic mass is 9.94. The molecule has 6 rings (SSSR count). The normalized spacial score (nSPS) is 14.2. The maximum atomic E-state index is 14.6. The summed E-state index contributed by atoms with van der Waals surface area (Å²) in [7, 11) is 5.49. The van der Waals surface area contributed by atoms with E-state index < -0.39 is 6.04 Å². The summed E-state index contributed by atoms with van der Waals surface area (Å²) < 4.78 is 7.24. The third-order valence-corrected chi connectivity index (χ3v) is 8.51. The molecule has 11 heteroatoms. The average Bonchev–Trinajstić information content (AvgIpc) is 3.75. The number of methoxy groups -OCH3 is 1. The zero-order valence-corrected chi connectivity index (χ0v) is 25.8. The average molecular weight is 607 g/mol. The maximum absolute atomic E-state index is 14.6. The highest BCUT2D eigenvalue weighted by atomic mass is 16.5. The Morgan fingerprint density at radius 3 is 2.49 bits per heavy atom. The Morgan fingerprint density at radius 1 is 1.02 bits per heavy atom. The van der Waals surface area contributed by atoms with Crippen molar-refractivity contribution in [2.75, 3.05) is 31.0 Å². The Balaban J connectivity index is 1.46. The van der Waals surface area contributed by atoms with Crippen molar-refractivity contribution >= 4 is 34.1 Å². The molecule has 0 aliphatic heterocycles. The van der Waals surface area contributed by atoms with E-state index in [2.05, 4.69) is 25.8 Å². The first kappa shape index (κ1) is 29.9.